The Hall–Kier alpha value is -1.82. The van der Waals surface area contributed by atoms with Crippen LogP contribution in [-0.2, 0) is 14.8 Å². The molecule has 2 N–H and O–H groups in total. The van der Waals surface area contributed by atoms with Gasteiger partial charge in [-0.15, -0.1) is 0 Å². The minimum Gasteiger partial charge on any atom is -0.481 e. The molecule has 0 spiro atoms. The van der Waals surface area contributed by atoms with Crippen LogP contribution < -0.4 is 4.72 Å². The molecule has 5 nitrogen and oxygen atoms in total. The number of carboxylic acid groups (broad SMARTS) is 1. The Morgan fingerprint density at radius 1 is 0.893 bits per heavy atom. The van der Waals surface area contributed by atoms with E-state index in [2.05, 4.69) is 16.9 Å². The lowest BCUT2D eigenvalue weighted by Gasteiger charge is -2.08. The van der Waals surface area contributed by atoms with Gasteiger partial charge in [-0.3, -0.25) is 9.52 Å². The summed E-state index contributed by atoms with van der Waals surface area (Å²) in [4.78, 5) is 10.4. The number of unbranched alkanes of at least 4 members (excludes halogenated alkanes) is 8. The standard InChI is InChI=1S/C22H35NO4S/c1-20-15-17-21(18-16-20)23-28(26,27)19-13-11-9-7-5-3-2-4-6-8-10-12-14-22(24)25/h6,8,15-18,23H,2-5,7,9-14,19H2,1H3,(H,24,25)/b8-6-. The molecule has 1 aromatic rings. The summed E-state index contributed by atoms with van der Waals surface area (Å²) in [6.45, 7) is 1.97. The van der Waals surface area contributed by atoms with E-state index in [9.17, 15) is 13.2 Å². The SMILES string of the molecule is Cc1ccc(NS(=O)(=O)CCCCCCCCC/C=C\CCCC(=O)O)cc1. The predicted octanol–water partition coefficient (Wildman–Crippen LogP) is 5.67. The zero-order valence-electron chi connectivity index (χ0n) is 17.0. The van der Waals surface area contributed by atoms with E-state index in [0.29, 0.717) is 18.5 Å². The normalized spacial score (nSPS) is 11.8. The Kier molecular flexibility index (Phi) is 12.3. The summed E-state index contributed by atoms with van der Waals surface area (Å²) in [5, 5.41) is 8.54. The highest BCUT2D eigenvalue weighted by atomic mass is 32.2. The number of anilines is 1. The average molecular weight is 410 g/mol. The van der Waals surface area contributed by atoms with Crippen LogP contribution in [0.1, 0.15) is 76.2 Å². The van der Waals surface area contributed by atoms with Crippen LogP contribution >= 0.6 is 0 Å². The van der Waals surface area contributed by atoms with Crippen LogP contribution in [0.15, 0.2) is 36.4 Å². The number of carboxylic acids is 1. The molecule has 0 saturated carbocycles. The number of hydrogen-bond donors (Lipinski definition) is 2. The van der Waals surface area contributed by atoms with Crippen LogP contribution in [0.4, 0.5) is 5.69 Å². The summed E-state index contributed by atoms with van der Waals surface area (Å²) < 4.78 is 26.8. The first kappa shape index (κ1) is 24.2. The molecule has 0 aliphatic heterocycles. The molecule has 6 heteroatoms. The van der Waals surface area contributed by atoms with Crippen molar-refractivity contribution < 1.29 is 18.3 Å². The fraction of sp³-hybridized carbons (Fsp3) is 0.591. The molecule has 1 aromatic carbocycles. The number of sulfonamides is 1. The van der Waals surface area contributed by atoms with Crippen LogP contribution in [0.3, 0.4) is 0 Å². The molecule has 0 unspecified atom stereocenters. The van der Waals surface area contributed by atoms with Gasteiger partial charge in [-0.25, -0.2) is 8.42 Å². The van der Waals surface area contributed by atoms with E-state index in [4.69, 9.17) is 5.11 Å². The van der Waals surface area contributed by atoms with E-state index in [0.717, 1.165) is 44.1 Å². The number of nitrogens with one attached hydrogen (secondary N) is 1. The van der Waals surface area contributed by atoms with Crippen molar-refractivity contribution in [3.8, 4) is 0 Å². The smallest absolute Gasteiger partial charge is 0.303 e. The highest BCUT2D eigenvalue weighted by molar-refractivity contribution is 7.92. The van der Waals surface area contributed by atoms with Crippen molar-refractivity contribution in [1.29, 1.82) is 0 Å². The molecule has 0 aromatic heterocycles. The molecule has 1 rings (SSSR count). The quantitative estimate of drug-likeness (QED) is 0.272. The number of hydrogen-bond acceptors (Lipinski definition) is 3. The van der Waals surface area contributed by atoms with Gasteiger partial charge in [0.05, 0.1) is 5.75 Å². The third kappa shape index (κ3) is 13.4. The highest BCUT2D eigenvalue weighted by Gasteiger charge is 2.09. The Morgan fingerprint density at radius 2 is 1.43 bits per heavy atom. The van der Waals surface area contributed by atoms with Crippen molar-refractivity contribution in [2.75, 3.05) is 10.5 Å². The third-order valence-corrected chi connectivity index (χ3v) is 5.91. The van der Waals surface area contributed by atoms with E-state index >= 15 is 0 Å². The Labute approximate surface area is 170 Å². The average Bonchev–Trinajstić information content (AvgIpc) is 2.63. The van der Waals surface area contributed by atoms with Crippen molar-refractivity contribution in [2.24, 2.45) is 0 Å². The van der Waals surface area contributed by atoms with E-state index in [1.807, 2.05) is 19.1 Å². The minimum atomic E-state index is -3.26. The molecular formula is C22H35NO4S. The number of rotatable bonds is 16. The summed E-state index contributed by atoms with van der Waals surface area (Å²) in [7, 11) is -3.26. The molecular weight excluding hydrogens is 374 g/mol. The number of carbonyl (C=O) groups is 1. The molecule has 0 radical (unpaired) electrons. The Morgan fingerprint density at radius 3 is 2.04 bits per heavy atom. The monoisotopic (exact) mass is 409 g/mol. The van der Waals surface area contributed by atoms with Gasteiger partial charge in [-0.1, -0.05) is 62.0 Å². The van der Waals surface area contributed by atoms with Crippen molar-refractivity contribution in [1.82, 2.24) is 0 Å². The first-order valence-electron chi connectivity index (χ1n) is 10.3. The second-order valence-electron chi connectivity index (χ2n) is 7.31. The molecule has 0 amide bonds. The van der Waals surface area contributed by atoms with E-state index in [-0.39, 0.29) is 12.2 Å². The van der Waals surface area contributed by atoms with Crippen LogP contribution in [0, 0.1) is 6.92 Å². The molecule has 0 fully saturated rings. The summed E-state index contributed by atoms with van der Waals surface area (Å²) in [5.74, 6) is -0.554. The zero-order chi connectivity index (χ0) is 20.7. The molecule has 0 saturated heterocycles. The predicted molar refractivity (Wildman–Crippen MR) is 116 cm³/mol. The van der Waals surface area contributed by atoms with Crippen molar-refractivity contribution in [3.63, 3.8) is 0 Å². The molecule has 0 aliphatic rings. The molecule has 0 atom stereocenters. The fourth-order valence-corrected chi connectivity index (χ4v) is 4.08. The van der Waals surface area contributed by atoms with E-state index in [1.54, 1.807) is 12.1 Å². The Balaban J connectivity index is 1.96. The van der Waals surface area contributed by atoms with Crippen molar-refractivity contribution in [2.45, 2.75) is 77.6 Å². The van der Waals surface area contributed by atoms with Crippen LogP contribution in [0.25, 0.3) is 0 Å². The second kappa shape index (κ2) is 14.2. The summed E-state index contributed by atoms with van der Waals surface area (Å²) in [5.41, 5.74) is 1.73. The van der Waals surface area contributed by atoms with Crippen molar-refractivity contribution in [3.05, 3.63) is 42.0 Å². The first-order chi connectivity index (χ1) is 13.4. The lowest BCUT2D eigenvalue weighted by Crippen LogP contribution is -2.16. The van der Waals surface area contributed by atoms with E-state index < -0.39 is 16.0 Å². The lowest BCUT2D eigenvalue weighted by molar-refractivity contribution is -0.137. The summed E-state index contributed by atoms with van der Waals surface area (Å²) in [6, 6.07) is 7.37. The van der Waals surface area contributed by atoms with Gasteiger partial charge in [-0.2, -0.15) is 0 Å². The third-order valence-electron chi connectivity index (χ3n) is 4.54. The molecule has 0 heterocycles. The maximum Gasteiger partial charge on any atom is 0.303 e. The minimum absolute atomic E-state index is 0.174. The maximum atomic E-state index is 12.1. The van der Waals surface area contributed by atoms with Gasteiger partial charge < -0.3 is 5.11 Å². The van der Waals surface area contributed by atoms with Gasteiger partial charge in [-0.05, 0) is 51.2 Å². The number of benzene rings is 1. The van der Waals surface area contributed by atoms with Gasteiger partial charge in [0, 0.05) is 12.1 Å². The molecule has 28 heavy (non-hydrogen) atoms. The van der Waals surface area contributed by atoms with Gasteiger partial charge in [0.1, 0.15) is 0 Å². The van der Waals surface area contributed by atoms with Crippen molar-refractivity contribution >= 4 is 21.7 Å². The van der Waals surface area contributed by atoms with Gasteiger partial charge in [0.15, 0.2) is 0 Å². The molecule has 0 bridgehead atoms. The topological polar surface area (TPSA) is 83.5 Å². The molecule has 0 aliphatic carbocycles. The van der Waals surface area contributed by atoms with Gasteiger partial charge >= 0.3 is 5.97 Å². The summed E-state index contributed by atoms with van der Waals surface area (Å²) in [6.07, 6.45) is 14.5. The second-order valence-corrected chi connectivity index (χ2v) is 9.15. The van der Waals surface area contributed by atoms with E-state index in [1.165, 1.54) is 12.8 Å². The van der Waals surface area contributed by atoms with Crippen LogP contribution in [-0.4, -0.2) is 25.2 Å². The van der Waals surface area contributed by atoms with Crippen LogP contribution in [0.5, 0.6) is 0 Å². The largest absolute Gasteiger partial charge is 0.481 e. The number of aryl methyl sites for hydroxylation is 1. The zero-order valence-corrected chi connectivity index (χ0v) is 17.8. The first-order valence-corrected chi connectivity index (χ1v) is 12.0. The van der Waals surface area contributed by atoms with Crippen LogP contribution in [0.2, 0.25) is 0 Å². The Bertz CT molecular complexity index is 681. The molecule has 158 valence electrons. The fourth-order valence-electron chi connectivity index (χ4n) is 2.90. The highest BCUT2D eigenvalue weighted by Crippen LogP contribution is 2.13. The summed E-state index contributed by atoms with van der Waals surface area (Å²) >= 11 is 0. The maximum absolute atomic E-state index is 12.1. The van der Waals surface area contributed by atoms with Gasteiger partial charge in [0.25, 0.3) is 0 Å². The number of aliphatic carboxylic acids is 1. The lowest BCUT2D eigenvalue weighted by atomic mass is 10.1. The van der Waals surface area contributed by atoms with Gasteiger partial charge in [0.2, 0.25) is 10.0 Å². The number of allylic oxidation sites excluding steroid dienone is 2.